The number of hydrogen-bond acceptors (Lipinski definition) is 4. The van der Waals surface area contributed by atoms with E-state index < -0.39 is 0 Å². The maximum Gasteiger partial charge on any atom is 0.163 e. The van der Waals surface area contributed by atoms with E-state index in [1.807, 2.05) is 24.3 Å². The van der Waals surface area contributed by atoms with Gasteiger partial charge in [0.25, 0.3) is 0 Å². The highest BCUT2D eigenvalue weighted by Gasteiger charge is 2.16. The van der Waals surface area contributed by atoms with Gasteiger partial charge in [-0.1, -0.05) is 23.8 Å². The Balaban J connectivity index is 2.26. The largest absolute Gasteiger partial charge is 0.493 e. The Morgan fingerprint density at radius 2 is 1.88 bits per heavy atom. The lowest BCUT2D eigenvalue weighted by Crippen LogP contribution is -2.00. The number of benzene rings is 2. The second-order valence-corrected chi connectivity index (χ2v) is 5.56. The average Bonchev–Trinajstić information content (AvgIpc) is 2.96. The molecule has 0 aliphatic carbocycles. The van der Waals surface area contributed by atoms with Crippen molar-refractivity contribution in [1.82, 2.24) is 9.55 Å². The lowest BCUT2D eigenvalue weighted by molar-refractivity contribution is 0.355. The minimum Gasteiger partial charge on any atom is -0.493 e. The summed E-state index contributed by atoms with van der Waals surface area (Å²) in [6.07, 6.45) is 0.415. The lowest BCUT2D eigenvalue weighted by atomic mass is 10.1. The fourth-order valence-corrected chi connectivity index (χ4v) is 2.84. The molecule has 0 bridgehead atoms. The van der Waals surface area contributed by atoms with Crippen LogP contribution >= 0.6 is 0 Å². The van der Waals surface area contributed by atoms with E-state index in [0.717, 1.165) is 22.4 Å². The molecule has 0 atom stereocenters. The number of nitrogens with zero attached hydrogens (tertiary/aromatic N) is 3. The zero-order valence-corrected chi connectivity index (χ0v) is 14.0. The Kier molecular flexibility index (Phi) is 4.39. The van der Waals surface area contributed by atoms with Gasteiger partial charge in [0.15, 0.2) is 11.5 Å². The minimum absolute atomic E-state index is 0.415. The number of aromatic nitrogens is 2. The average molecular weight is 321 g/mol. The fraction of sp³-hybridized carbons (Fsp3) is 0.263. The van der Waals surface area contributed by atoms with Gasteiger partial charge in [-0.15, -0.1) is 0 Å². The number of methoxy groups -OCH3 is 2. The molecule has 0 aliphatic heterocycles. The van der Waals surface area contributed by atoms with Crippen LogP contribution in [0.4, 0.5) is 0 Å². The molecular formula is C19H19N3O2. The molecule has 3 rings (SSSR count). The third-order valence-corrected chi connectivity index (χ3v) is 3.98. The summed E-state index contributed by atoms with van der Waals surface area (Å²) in [5.41, 5.74) is 3.95. The summed E-state index contributed by atoms with van der Waals surface area (Å²) >= 11 is 0. The van der Waals surface area contributed by atoms with Gasteiger partial charge in [-0.3, -0.25) is 0 Å². The van der Waals surface area contributed by atoms with Crippen LogP contribution in [0.2, 0.25) is 0 Å². The van der Waals surface area contributed by atoms with Gasteiger partial charge in [0.05, 0.1) is 37.7 Å². The monoisotopic (exact) mass is 321 g/mol. The number of rotatable bonds is 5. The van der Waals surface area contributed by atoms with Gasteiger partial charge in [-0.2, -0.15) is 5.26 Å². The molecule has 0 radical (unpaired) electrons. The van der Waals surface area contributed by atoms with Crippen molar-refractivity contribution >= 4 is 11.0 Å². The van der Waals surface area contributed by atoms with Crippen molar-refractivity contribution < 1.29 is 9.47 Å². The highest BCUT2D eigenvalue weighted by atomic mass is 16.5. The summed E-state index contributed by atoms with van der Waals surface area (Å²) < 4.78 is 12.8. The van der Waals surface area contributed by atoms with Crippen molar-refractivity contribution in [3.63, 3.8) is 0 Å². The number of fused-ring (bicyclic) bond motifs is 1. The van der Waals surface area contributed by atoms with Crippen LogP contribution in [0.15, 0.2) is 36.4 Å². The van der Waals surface area contributed by atoms with Crippen LogP contribution in [0.1, 0.15) is 12.0 Å². The van der Waals surface area contributed by atoms with E-state index in [1.165, 1.54) is 5.56 Å². The fourth-order valence-electron chi connectivity index (χ4n) is 2.84. The molecule has 3 aromatic rings. The van der Waals surface area contributed by atoms with Crippen LogP contribution in [0.3, 0.4) is 0 Å². The van der Waals surface area contributed by atoms with Crippen LogP contribution in [-0.2, 0) is 6.54 Å². The van der Waals surface area contributed by atoms with E-state index in [1.54, 1.807) is 14.2 Å². The molecule has 24 heavy (non-hydrogen) atoms. The standard InChI is InChI=1S/C19H19N3O2/c1-13-6-4-7-14(10-13)19-21-15-11-17(23-2)18(24-3)12-16(15)22(19)9-5-8-20/h4,6-7,10-12H,5,9H2,1-3H3. The molecule has 0 fully saturated rings. The first-order chi connectivity index (χ1) is 11.7. The Morgan fingerprint density at radius 3 is 2.54 bits per heavy atom. The second kappa shape index (κ2) is 6.63. The number of aryl methyl sites for hydroxylation is 2. The van der Waals surface area contributed by atoms with Gasteiger partial charge < -0.3 is 14.0 Å². The number of hydrogen-bond donors (Lipinski definition) is 0. The predicted octanol–water partition coefficient (Wildman–Crippen LogP) is 3.94. The molecule has 0 spiro atoms. The molecule has 1 aromatic heterocycles. The van der Waals surface area contributed by atoms with Crippen LogP contribution < -0.4 is 9.47 Å². The quantitative estimate of drug-likeness (QED) is 0.714. The molecule has 0 saturated carbocycles. The molecule has 2 aromatic carbocycles. The first-order valence-electron chi connectivity index (χ1n) is 7.74. The second-order valence-electron chi connectivity index (χ2n) is 5.56. The molecule has 0 saturated heterocycles. The molecule has 1 heterocycles. The van der Waals surface area contributed by atoms with E-state index >= 15 is 0 Å². The van der Waals surface area contributed by atoms with Gasteiger partial charge in [0.1, 0.15) is 5.82 Å². The van der Waals surface area contributed by atoms with Gasteiger partial charge in [-0.05, 0) is 13.0 Å². The van der Waals surface area contributed by atoms with Crippen molar-refractivity contribution in [2.45, 2.75) is 19.9 Å². The summed E-state index contributed by atoms with van der Waals surface area (Å²) in [5, 5.41) is 9.00. The van der Waals surface area contributed by atoms with Crippen molar-refractivity contribution in [1.29, 1.82) is 5.26 Å². The molecule has 0 aliphatic rings. The third-order valence-electron chi connectivity index (χ3n) is 3.98. The number of ether oxygens (including phenoxy) is 2. The Labute approximate surface area is 141 Å². The van der Waals surface area contributed by atoms with Crippen LogP contribution in [0.25, 0.3) is 22.4 Å². The van der Waals surface area contributed by atoms with Crippen molar-refractivity contribution in [3.05, 3.63) is 42.0 Å². The zero-order valence-electron chi connectivity index (χ0n) is 14.0. The normalized spacial score (nSPS) is 10.6. The van der Waals surface area contributed by atoms with E-state index in [4.69, 9.17) is 19.7 Å². The Morgan fingerprint density at radius 1 is 1.12 bits per heavy atom. The summed E-state index contributed by atoms with van der Waals surface area (Å²) in [6, 6.07) is 14.2. The lowest BCUT2D eigenvalue weighted by Gasteiger charge is -2.10. The van der Waals surface area contributed by atoms with E-state index in [-0.39, 0.29) is 0 Å². The topological polar surface area (TPSA) is 60.1 Å². The molecular weight excluding hydrogens is 302 g/mol. The van der Waals surface area contributed by atoms with Gasteiger partial charge in [0, 0.05) is 24.2 Å². The van der Waals surface area contributed by atoms with Gasteiger partial charge >= 0.3 is 0 Å². The summed E-state index contributed by atoms with van der Waals surface area (Å²) in [6.45, 7) is 2.63. The van der Waals surface area contributed by atoms with E-state index in [2.05, 4.69) is 29.7 Å². The van der Waals surface area contributed by atoms with Crippen LogP contribution in [-0.4, -0.2) is 23.8 Å². The predicted molar refractivity (Wildman–Crippen MR) is 93.2 cm³/mol. The molecule has 0 amide bonds. The van der Waals surface area contributed by atoms with Crippen LogP contribution in [0.5, 0.6) is 11.5 Å². The number of imidazole rings is 1. The highest BCUT2D eigenvalue weighted by Crippen LogP contribution is 2.34. The molecule has 5 heteroatoms. The Bertz CT molecular complexity index is 922. The zero-order chi connectivity index (χ0) is 17.1. The first-order valence-corrected chi connectivity index (χ1v) is 7.74. The number of nitriles is 1. The maximum atomic E-state index is 9.00. The highest BCUT2D eigenvalue weighted by molar-refractivity contribution is 5.84. The maximum absolute atomic E-state index is 9.00. The molecule has 5 nitrogen and oxygen atoms in total. The smallest absolute Gasteiger partial charge is 0.163 e. The molecule has 0 N–H and O–H groups in total. The van der Waals surface area contributed by atoms with Gasteiger partial charge in [-0.25, -0.2) is 4.98 Å². The van der Waals surface area contributed by atoms with E-state index in [9.17, 15) is 0 Å². The van der Waals surface area contributed by atoms with Crippen molar-refractivity contribution in [3.8, 4) is 29.0 Å². The van der Waals surface area contributed by atoms with E-state index in [0.29, 0.717) is 24.5 Å². The van der Waals surface area contributed by atoms with Crippen molar-refractivity contribution in [2.75, 3.05) is 14.2 Å². The van der Waals surface area contributed by atoms with Crippen LogP contribution in [0, 0.1) is 18.3 Å². The summed E-state index contributed by atoms with van der Waals surface area (Å²) in [4.78, 5) is 4.78. The molecule has 122 valence electrons. The minimum atomic E-state index is 0.415. The van der Waals surface area contributed by atoms with Crippen molar-refractivity contribution in [2.24, 2.45) is 0 Å². The third kappa shape index (κ3) is 2.79. The Hall–Kier alpha value is -3.00. The first kappa shape index (κ1) is 15.9. The van der Waals surface area contributed by atoms with Gasteiger partial charge in [0.2, 0.25) is 0 Å². The summed E-state index contributed by atoms with van der Waals surface area (Å²) in [5.74, 6) is 2.14. The summed E-state index contributed by atoms with van der Waals surface area (Å²) in [7, 11) is 3.22. The SMILES string of the molecule is COc1cc2nc(-c3cccc(C)c3)n(CCC#N)c2cc1OC. The molecule has 0 unspecified atom stereocenters.